The van der Waals surface area contributed by atoms with Crippen LogP contribution < -0.4 is 5.32 Å². The fourth-order valence-corrected chi connectivity index (χ4v) is 2.10. The summed E-state index contributed by atoms with van der Waals surface area (Å²) in [6.07, 6.45) is 0. The van der Waals surface area contributed by atoms with E-state index >= 15 is 0 Å². The van der Waals surface area contributed by atoms with Crippen LogP contribution in [-0.4, -0.2) is 46.1 Å². The zero-order valence-corrected chi connectivity index (χ0v) is 14.1. The number of Topliss-reactive ketones (excluding diaryl/α,β-unsaturated/α-hetero) is 1. The van der Waals surface area contributed by atoms with Gasteiger partial charge in [-0.15, -0.1) is 0 Å². The zero-order chi connectivity index (χ0) is 19.8. The van der Waals surface area contributed by atoms with E-state index in [-0.39, 0.29) is 11.3 Å². The molecule has 0 unspecified atom stereocenters. The van der Waals surface area contributed by atoms with E-state index in [0.717, 1.165) is 0 Å². The van der Waals surface area contributed by atoms with Crippen molar-refractivity contribution in [3.63, 3.8) is 0 Å². The number of ketones is 1. The van der Waals surface area contributed by atoms with Gasteiger partial charge in [-0.05, 0) is 36.4 Å². The number of hydrogen-bond donors (Lipinski definition) is 3. The quantitative estimate of drug-likeness (QED) is 0.390. The van der Waals surface area contributed by atoms with Crippen LogP contribution in [0.15, 0.2) is 48.5 Å². The predicted octanol–water partition coefficient (Wildman–Crippen LogP) is 0.647. The van der Waals surface area contributed by atoms with Crippen LogP contribution in [-0.2, 0) is 4.79 Å². The summed E-state index contributed by atoms with van der Waals surface area (Å²) in [6.45, 7) is -1.38. The molecule has 1 atom stereocenters. The minimum Gasteiger partial charge on any atom is -0.394 e. The maximum Gasteiger partial charge on any atom is 0.269 e. The number of nitrogens with zero attached hydrogens (tertiary/aromatic N) is 1. The topological polar surface area (TPSA) is 130 Å². The fourth-order valence-electron chi connectivity index (χ4n) is 2.10. The van der Waals surface area contributed by atoms with Crippen molar-refractivity contribution in [3.05, 3.63) is 75.3 Å². The third-order valence-electron chi connectivity index (χ3n) is 3.61. The van der Waals surface area contributed by atoms with E-state index in [4.69, 9.17) is 10.2 Å². The predicted molar refractivity (Wildman–Crippen MR) is 96.0 cm³/mol. The maximum atomic E-state index is 12.1. The third kappa shape index (κ3) is 5.47. The van der Waals surface area contributed by atoms with Crippen molar-refractivity contribution < 1.29 is 24.7 Å². The largest absolute Gasteiger partial charge is 0.394 e. The highest BCUT2D eigenvalue weighted by atomic mass is 16.6. The molecular formula is C19H16N2O6. The summed E-state index contributed by atoms with van der Waals surface area (Å²) in [4.78, 5) is 33.5. The number of hydrogen-bond acceptors (Lipinski definition) is 6. The van der Waals surface area contributed by atoms with E-state index in [0.29, 0.717) is 11.1 Å². The van der Waals surface area contributed by atoms with Crippen molar-refractivity contribution >= 4 is 17.4 Å². The van der Waals surface area contributed by atoms with Gasteiger partial charge < -0.3 is 15.5 Å². The summed E-state index contributed by atoms with van der Waals surface area (Å²) in [5.74, 6) is 4.49. The minimum absolute atomic E-state index is 0.0169. The van der Waals surface area contributed by atoms with Crippen LogP contribution in [0.1, 0.15) is 21.5 Å². The van der Waals surface area contributed by atoms with E-state index in [9.17, 15) is 19.7 Å². The van der Waals surface area contributed by atoms with Crippen LogP contribution in [0.3, 0.4) is 0 Å². The average Bonchev–Trinajstić information content (AvgIpc) is 2.70. The first-order chi connectivity index (χ1) is 12.9. The van der Waals surface area contributed by atoms with Crippen molar-refractivity contribution in [2.75, 3.05) is 13.2 Å². The highest BCUT2D eigenvalue weighted by Gasteiger charge is 2.19. The van der Waals surface area contributed by atoms with Crippen molar-refractivity contribution in [2.45, 2.75) is 6.04 Å². The second kappa shape index (κ2) is 9.24. The second-order valence-electron chi connectivity index (χ2n) is 5.46. The molecule has 2 rings (SSSR count). The SMILES string of the molecule is O=C(N[C@@H](CO)C(=O)CO)c1ccc(C#Cc2ccc([N+](=O)[O-])cc2)cc1. The van der Waals surface area contributed by atoms with Crippen molar-refractivity contribution in [1.29, 1.82) is 0 Å². The molecule has 1 amide bonds. The van der Waals surface area contributed by atoms with E-state index in [1.807, 2.05) is 0 Å². The Bertz CT molecular complexity index is 895. The zero-order valence-electron chi connectivity index (χ0n) is 14.1. The van der Waals surface area contributed by atoms with Crippen LogP contribution in [0.4, 0.5) is 5.69 Å². The number of aliphatic hydroxyl groups is 2. The van der Waals surface area contributed by atoms with Crippen LogP contribution in [0.25, 0.3) is 0 Å². The van der Waals surface area contributed by atoms with Gasteiger partial charge in [-0.2, -0.15) is 0 Å². The van der Waals surface area contributed by atoms with Crippen LogP contribution >= 0.6 is 0 Å². The number of aliphatic hydroxyl groups excluding tert-OH is 2. The number of nitrogens with one attached hydrogen (secondary N) is 1. The molecule has 138 valence electrons. The molecule has 0 aliphatic heterocycles. The number of non-ortho nitro benzene ring substituents is 1. The Morgan fingerprint density at radius 3 is 1.96 bits per heavy atom. The van der Waals surface area contributed by atoms with Gasteiger partial charge in [0.25, 0.3) is 11.6 Å². The maximum absolute atomic E-state index is 12.1. The molecule has 0 heterocycles. The monoisotopic (exact) mass is 368 g/mol. The van der Waals surface area contributed by atoms with Gasteiger partial charge in [-0.1, -0.05) is 11.8 Å². The van der Waals surface area contributed by atoms with Crippen molar-refractivity contribution in [1.82, 2.24) is 5.32 Å². The van der Waals surface area contributed by atoms with Crippen LogP contribution in [0.2, 0.25) is 0 Å². The molecule has 27 heavy (non-hydrogen) atoms. The van der Waals surface area contributed by atoms with E-state index in [2.05, 4.69) is 17.2 Å². The highest BCUT2D eigenvalue weighted by Crippen LogP contribution is 2.11. The molecule has 0 radical (unpaired) electrons. The number of rotatable bonds is 6. The molecule has 0 bridgehead atoms. The highest BCUT2D eigenvalue weighted by molar-refractivity contribution is 5.98. The average molecular weight is 368 g/mol. The smallest absolute Gasteiger partial charge is 0.269 e. The van der Waals surface area contributed by atoms with Gasteiger partial charge in [0.2, 0.25) is 0 Å². The van der Waals surface area contributed by atoms with Crippen molar-refractivity contribution in [3.8, 4) is 11.8 Å². The van der Waals surface area contributed by atoms with Gasteiger partial charge in [-0.25, -0.2) is 0 Å². The molecule has 2 aromatic carbocycles. The second-order valence-corrected chi connectivity index (χ2v) is 5.46. The molecule has 3 N–H and O–H groups in total. The Labute approximate surface area is 154 Å². The van der Waals surface area contributed by atoms with Gasteiger partial charge in [-0.3, -0.25) is 19.7 Å². The number of carbonyl (C=O) groups excluding carboxylic acids is 2. The summed E-state index contributed by atoms with van der Waals surface area (Å²) in [7, 11) is 0. The number of amides is 1. The first-order valence-electron chi connectivity index (χ1n) is 7.86. The Kier molecular flexibility index (Phi) is 6.77. The fraction of sp³-hybridized carbons (Fsp3) is 0.158. The van der Waals surface area contributed by atoms with Gasteiger partial charge in [0.1, 0.15) is 12.6 Å². The van der Waals surface area contributed by atoms with Gasteiger partial charge in [0, 0.05) is 28.8 Å². The number of carbonyl (C=O) groups is 2. The van der Waals surface area contributed by atoms with Gasteiger partial charge >= 0.3 is 0 Å². The molecule has 0 spiro atoms. The summed E-state index contributed by atoms with van der Waals surface area (Å²) in [5.41, 5.74) is 1.47. The summed E-state index contributed by atoms with van der Waals surface area (Å²) in [6, 6.07) is 10.9. The molecule has 8 heteroatoms. The first-order valence-corrected chi connectivity index (χ1v) is 7.86. The van der Waals surface area contributed by atoms with Crippen LogP contribution in [0.5, 0.6) is 0 Å². The minimum atomic E-state index is -1.16. The van der Waals surface area contributed by atoms with E-state index in [1.165, 1.54) is 24.3 Å². The molecule has 2 aromatic rings. The van der Waals surface area contributed by atoms with Crippen molar-refractivity contribution in [2.24, 2.45) is 0 Å². The molecule has 0 saturated heterocycles. The Balaban J connectivity index is 2.06. The lowest BCUT2D eigenvalue weighted by atomic mass is 10.1. The molecule has 0 aliphatic carbocycles. The summed E-state index contributed by atoms with van der Waals surface area (Å²) < 4.78 is 0. The molecule has 8 nitrogen and oxygen atoms in total. The lowest BCUT2D eigenvalue weighted by molar-refractivity contribution is -0.384. The molecule has 0 fully saturated rings. The lowest BCUT2D eigenvalue weighted by Crippen LogP contribution is -2.44. The van der Waals surface area contributed by atoms with Gasteiger partial charge in [0.15, 0.2) is 5.78 Å². The van der Waals surface area contributed by atoms with Gasteiger partial charge in [0.05, 0.1) is 11.5 Å². The molecular weight excluding hydrogens is 352 g/mol. The molecule has 0 aromatic heterocycles. The first kappa shape index (κ1) is 19.8. The molecule has 0 saturated carbocycles. The normalized spacial score (nSPS) is 11.0. The van der Waals surface area contributed by atoms with E-state index in [1.54, 1.807) is 24.3 Å². The number of nitro benzene ring substituents is 1. The Hall–Kier alpha value is -3.54. The number of benzene rings is 2. The lowest BCUT2D eigenvalue weighted by Gasteiger charge is -2.13. The molecule has 0 aliphatic rings. The number of nitro groups is 1. The van der Waals surface area contributed by atoms with E-state index < -0.39 is 35.9 Å². The summed E-state index contributed by atoms with van der Waals surface area (Å²) in [5, 5.41) is 30.8. The Morgan fingerprint density at radius 1 is 1.00 bits per heavy atom. The van der Waals surface area contributed by atoms with Crippen LogP contribution in [0, 0.1) is 22.0 Å². The summed E-state index contributed by atoms with van der Waals surface area (Å²) >= 11 is 0. The Morgan fingerprint density at radius 2 is 1.52 bits per heavy atom. The third-order valence-corrected chi connectivity index (χ3v) is 3.61. The standard InChI is InChI=1S/C19H16N2O6/c22-11-17(18(24)12-23)20-19(25)15-7-3-13(4-8-15)1-2-14-5-9-16(10-6-14)21(26)27/h3-10,17,22-23H,11-12H2,(H,20,25)/t17-/m0/s1.